The van der Waals surface area contributed by atoms with Crippen molar-refractivity contribution in [1.82, 2.24) is 5.32 Å². The molecule has 1 amide bonds. The molecular weight excluding hydrogens is 274 g/mol. The highest BCUT2D eigenvalue weighted by Gasteiger charge is 2.24. The first-order valence-electron chi connectivity index (χ1n) is 5.47. The first-order chi connectivity index (χ1) is 8.20. The van der Waals surface area contributed by atoms with Gasteiger partial charge in [0.05, 0.1) is 5.02 Å². The maximum absolute atomic E-state index is 11.8. The largest absolute Gasteiger partial charge is 0.458 e. The Hall–Kier alpha value is -1.07. The molecule has 0 fully saturated rings. The van der Waals surface area contributed by atoms with Crippen molar-refractivity contribution in [1.29, 1.82) is 0 Å². The second-order valence-electron chi connectivity index (χ2n) is 4.83. The number of esters is 1. The van der Waals surface area contributed by atoms with Crippen molar-refractivity contribution in [2.45, 2.75) is 39.3 Å². The van der Waals surface area contributed by atoms with Crippen LogP contribution in [-0.2, 0) is 9.53 Å². The minimum Gasteiger partial charge on any atom is -0.458 e. The van der Waals surface area contributed by atoms with E-state index >= 15 is 0 Å². The van der Waals surface area contributed by atoms with Crippen molar-refractivity contribution in [2.75, 3.05) is 0 Å². The highest BCUT2D eigenvalue weighted by Crippen LogP contribution is 2.21. The van der Waals surface area contributed by atoms with Crippen LogP contribution in [0.2, 0.25) is 5.02 Å². The molecule has 0 saturated heterocycles. The summed E-state index contributed by atoms with van der Waals surface area (Å²) < 4.78 is 5.16. The summed E-state index contributed by atoms with van der Waals surface area (Å²) in [4.78, 5) is 23.9. The summed E-state index contributed by atoms with van der Waals surface area (Å²) in [6.45, 7) is 6.90. The number of hydrogen-bond acceptors (Lipinski definition) is 4. The van der Waals surface area contributed by atoms with Crippen molar-refractivity contribution >= 4 is 34.8 Å². The predicted octanol–water partition coefficient (Wildman–Crippen LogP) is 2.86. The van der Waals surface area contributed by atoms with E-state index in [1.54, 1.807) is 39.1 Å². The van der Waals surface area contributed by atoms with Crippen LogP contribution in [0.4, 0.5) is 0 Å². The molecule has 0 unspecified atom stereocenters. The van der Waals surface area contributed by atoms with E-state index in [-0.39, 0.29) is 5.91 Å². The van der Waals surface area contributed by atoms with Crippen molar-refractivity contribution in [3.05, 3.63) is 21.3 Å². The van der Waals surface area contributed by atoms with E-state index < -0.39 is 17.6 Å². The highest BCUT2D eigenvalue weighted by molar-refractivity contribution is 7.12. The first kappa shape index (κ1) is 15.0. The number of ether oxygens (including phenoxy) is 1. The van der Waals surface area contributed by atoms with Gasteiger partial charge in [0.2, 0.25) is 0 Å². The molecule has 1 rings (SSSR count). The van der Waals surface area contributed by atoms with Crippen molar-refractivity contribution in [3.8, 4) is 0 Å². The van der Waals surface area contributed by atoms with Gasteiger partial charge in [-0.3, -0.25) is 4.79 Å². The summed E-state index contributed by atoms with van der Waals surface area (Å²) in [6, 6.07) is 0.925. The Balaban J connectivity index is 2.60. The summed E-state index contributed by atoms with van der Waals surface area (Å²) in [6.07, 6.45) is 0. The zero-order valence-electron chi connectivity index (χ0n) is 10.7. The number of thiophene rings is 1. The molecule has 100 valence electrons. The lowest BCUT2D eigenvalue weighted by Crippen LogP contribution is -2.42. The Morgan fingerprint density at radius 3 is 2.50 bits per heavy atom. The monoisotopic (exact) mass is 289 g/mol. The van der Waals surface area contributed by atoms with Crippen molar-refractivity contribution < 1.29 is 14.3 Å². The number of halogens is 1. The van der Waals surface area contributed by atoms with E-state index in [2.05, 4.69) is 5.32 Å². The molecule has 1 N–H and O–H groups in total. The molecule has 0 aliphatic carbocycles. The average Bonchev–Trinajstić information content (AvgIpc) is 2.61. The van der Waals surface area contributed by atoms with Gasteiger partial charge in [0, 0.05) is 0 Å². The van der Waals surface area contributed by atoms with Gasteiger partial charge in [-0.2, -0.15) is 0 Å². The molecule has 0 aromatic carbocycles. The quantitative estimate of drug-likeness (QED) is 0.871. The van der Waals surface area contributed by atoms with E-state index in [1.165, 1.54) is 11.3 Å². The molecular formula is C12H16ClNO3S. The number of rotatable bonds is 3. The lowest BCUT2D eigenvalue weighted by Gasteiger charge is -2.22. The normalized spacial score (nSPS) is 12.9. The van der Waals surface area contributed by atoms with E-state index in [1.807, 2.05) is 0 Å². The number of carbonyl (C=O) groups excluding carboxylic acids is 2. The summed E-state index contributed by atoms with van der Waals surface area (Å²) >= 11 is 7.07. The Morgan fingerprint density at radius 2 is 2.06 bits per heavy atom. The number of carbonyl (C=O) groups is 2. The minimum absolute atomic E-state index is 0.367. The third-order valence-corrected chi connectivity index (χ3v) is 3.27. The molecule has 0 aliphatic rings. The molecule has 1 heterocycles. The van der Waals surface area contributed by atoms with Crippen LogP contribution in [0.3, 0.4) is 0 Å². The third-order valence-electron chi connectivity index (χ3n) is 1.93. The standard InChI is InChI=1S/C12H16ClNO3S/c1-7(11(16)17-12(2,3)4)14-10(15)9-8(13)5-6-18-9/h5-7H,1-4H3,(H,14,15)/t7-/m1/s1. The fourth-order valence-corrected chi connectivity index (χ4v) is 2.21. The second-order valence-corrected chi connectivity index (χ2v) is 6.15. The van der Waals surface area contributed by atoms with Gasteiger partial charge in [-0.25, -0.2) is 4.79 Å². The van der Waals surface area contributed by atoms with Gasteiger partial charge in [0.15, 0.2) is 0 Å². The van der Waals surface area contributed by atoms with Crippen LogP contribution in [0.1, 0.15) is 37.4 Å². The highest BCUT2D eigenvalue weighted by atomic mass is 35.5. The van der Waals surface area contributed by atoms with Gasteiger partial charge in [0.1, 0.15) is 16.5 Å². The maximum Gasteiger partial charge on any atom is 0.328 e. The molecule has 1 aromatic heterocycles. The van der Waals surface area contributed by atoms with Crippen LogP contribution >= 0.6 is 22.9 Å². The number of nitrogens with one attached hydrogen (secondary N) is 1. The zero-order valence-corrected chi connectivity index (χ0v) is 12.3. The van der Waals surface area contributed by atoms with E-state index in [0.29, 0.717) is 9.90 Å². The van der Waals surface area contributed by atoms with Crippen molar-refractivity contribution in [3.63, 3.8) is 0 Å². The smallest absolute Gasteiger partial charge is 0.328 e. The fourth-order valence-electron chi connectivity index (χ4n) is 1.17. The fraction of sp³-hybridized carbons (Fsp3) is 0.500. The molecule has 0 spiro atoms. The number of amides is 1. The molecule has 0 radical (unpaired) electrons. The first-order valence-corrected chi connectivity index (χ1v) is 6.73. The summed E-state index contributed by atoms with van der Waals surface area (Å²) in [5.41, 5.74) is -0.573. The zero-order chi connectivity index (χ0) is 13.9. The lowest BCUT2D eigenvalue weighted by molar-refractivity contribution is -0.156. The second kappa shape index (κ2) is 5.71. The molecule has 18 heavy (non-hydrogen) atoms. The van der Waals surface area contributed by atoms with Gasteiger partial charge in [-0.15, -0.1) is 11.3 Å². The van der Waals surface area contributed by atoms with Gasteiger partial charge in [-0.05, 0) is 39.1 Å². The number of hydrogen-bond donors (Lipinski definition) is 1. The van der Waals surface area contributed by atoms with E-state index in [0.717, 1.165) is 0 Å². The summed E-state index contributed by atoms with van der Waals surface area (Å²) in [5, 5.41) is 4.66. The summed E-state index contributed by atoms with van der Waals surface area (Å²) in [7, 11) is 0. The topological polar surface area (TPSA) is 55.4 Å². The average molecular weight is 290 g/mol. The maximum atomic E-state index is 11.8. The van der Waals surface area contributed by atoms with Crippen LogP contribution in [0, 0.1) is 0 Å². The van der Waals surface area contributed by atoms with Gasteiger partial charge >= 0.3 is 5.97 Å². The van der Waals surface area contributed by atoms with Crippen molar-refractivity contribution in [2.24, 2.45) is 0 Å². The van der Waals surface area contributed by atoms with E-state index in [4.69, 9.17) is 16.3 Å². The van der Waals surface area contributed by atoms with Crippen LogP contribution in [0.5, 0.6) is 0 Å². The minimum atomic E-state index is -0.713. The molecule has 1 atom stereocenters. The molecule has 0 saturated carbocycles. The Kier molecular flexibility index (Phi) is 4.76. The van der Waals surface area contributed by atoms with E-state index in [9.17, 15) is 9.59 Å². The van der Waals surface area contributed by atoms with Crippen LogP contribution in [-0.4, -0.2) is 23.5 Å². The Labute approximate surface area is 115 Å². The van der Waals surface area contributed by atoms with Crippen LogP contribution in [0.15, 0.2) is 11.4 Å². The summed E-state index contributed by atoms with van der Waals surface area (Å²) in [5.74, 6) is -0.836. The molecule has 6 heteroatoms. The van der Waals surface area contributed by atoms with Gasteiger partial charge in [0.25, 0.3) is 5.91 Å². The molecule has 0 bridgehead atoms. The SMILES string of the molecule is C[C@@H](NC(=O)c1sccc1Cl)C(=O)OC(C)(C)C. The lowest BCUT2D eigenvalue weighted by atomic mass is 10.2. The van der Waals surface area contributed by atoms with Crippen LogP contribution < -0.4 is 5.32 Å². The van der Waals surface area contributed by atoms with Gasteiger partial charge in [-0.1, -0.05) is 11.6 Å². The molecule has 0 aliphatic heterocycles. The van der Waals surface area contributed by atoms with Crippen LogP contribution in [0.25, 0.3) is 0 Å². The third kappa shape index (κ3) is 4.31. The predicted molar refractivity (Wildman–Crippen MR) is 72.1 cm³/mol. The Morgan fingerprint density at radius 1 is 1.44 bits per heavy atom. The Bertz CT molecular complexity index is 450. The van der Waals surface area contributed by atoms with Gasteiger partial charge < -0.3 is 10.1 Å². The molecule has 1 aromatic rings. The molecule has 4 nitrogen and oxygen atoms in total.